The van der Waals surface area contributed by atoms with Crippen molar-refractivity contribution in [1.29, 1.82) is 0 Å². The lowest BCUT2D eigenvalue weighted by atomic mass is 9.66. The van der Waals surface area contributed by atoms with E-state index in [1.54, 1.807) is 0 Å². The molecule has 1 N–H and O–H groups in total. The van der Waals surface area contributed by atoms with Crippen molar-refractivity contribution in [2.45, 2.75) is 38.1 Å². The van der Waals surface area contributed by atoms with Gasteiger partial charge in [0.2, 0.25) is 0 Å². The van der Waals surface area contributed by atoms with E-state index in [4.69, 9.17) is 4.98 Å². The second-order valence-electron chi connectivity index (χ2n) is 7.98. The second kappa shape index (κ2) is 5.84. The number of anilines is 1. The predicted octanol–water partition coefficient (Wildman–Crippen LogP) is 4.03. The highest BCUT2D eigenvalue weighted by Crippen LogP contribution is 2.52. The van der Waals surface area contributed by atoms with E-state index in [0.717, 1.165) is 29.1 Å². The molecular weight excluding hydrogens is 336 g/mol. The lowest BCUT2D eigenvalue weighted by Crippen LogP contribution is -2.45. The first-order chi connectivity index (χ1) is 13.1. The zero-order valence-electron chi connectivity index (χ0n) is 15.8. The Hall–Kier alpha value is -2.82. The van der Waals surface area contributed by atoms with Gasteiger partial charge in [0.15, 0.2) is 0 Å². The molecule has 5 heteroatoms. The summed E-state index contributed by atoms with van der Waals surface area (Å²) in [5, 5.41) is 3.09. The van der Waals surface area contributed by atoms with Gasteiger partial charge in [0.05, 0.1) is 17.6 Å². The molecule has 0 bridgehead atoms. The number of benzene rings is 2. The van der Waals surface area contributed by atoms with Crippen molar-refractivity contribution in [3.05, 3.63) is 59.4 Å². The van der Waals surface area contributed by atoms with Crippen LogP contribution < -0.4 is 10.2 Å². The monoisotopic (exact) mass is 360 g/mol. The number of nitrogens with zero attached hydrogens (tertiary/aromatic N) is 3. The largest absolute Gasteiger partial charge is 0.330 e. The number of carbonyl (C=O) groups is 1. The fourth-order valence-electron chi connectivity index (χ4n) is 4.61. The minimum absolute atomic E-state index is 0.0329. The highest BCUT2D eigenvalue weighted by Gasteiger charge is 2.48. The van der Waals surface area contributed by atoms with E-state index in [0.29, 0.717) is 6.54 Å². The van der Waals surface area contributed by atoms with Crippen molar-refractivity contribution in [2.75, 3.05) is 11.4 Å². The molecule has 1 aliphatic carbocycles. The minimum Gasteiger partial charge on any atom is -0.330 e. The smallest absolute Gasteiger partial charge is 0.322 e. The van der Waals surface area contributed by atoms with Crippen molar-refractivity contribution < 1.29 is 4.79 Å². The average Bonchev–Trinajstić information content (AvgIpc) is 3.15. The van der Waals surface area contributed by atoms with Gasteiger partial charge >= 0.3 is 6.03 Å². The molecule has 0 unspecified atom stereocenters. The molecule has 2 amide bonds. The lowest BCUT2D eigenvalue weighted by molar-refractivity contribution is 0.235. The standard InChI is InChI=1S/C22H24N4O/c1-15-8-9-19-17(12-15)24-20(25(19)2)13-23-21(27)26-14-22(10-5-11-22)16-6-3-4-7-18(16)26/h3-4,6-9,12H,5,10-11,13-14H2,1-2H3,(H,23,27). The Balaban J connectivity index is 1.37. The summed E-state index contributed by atoms with van der Waals surface area (Å²) in [6.45, 7) is 3.28. The van der Waals surface area contributed by atoms with Gasteiger partial charge in [-0.3, -0.25) is 4.90 Å². The number of nitrogens with one attached hydrogen (secondary N) is 1. The molecule has 1 spiro atoms. The number of hydrogen-bond donors (Lipinski definition) is 1. The van der Waals surface area contributed by atoms with Gasteiger partial charge in [-0.1, -0.05) is 30.7 Å². The first-order valence-electron chi connectivity index (χ1n) is 9.64. The molecule has 2 heterocycles. The Morgan fingerprint density at radius 3 is 2.81 bits per heavy atom. The van der Waals surface area contributed by atoms with Crippen molar-refractivity contribution >= 4 is 22.8 Å². The van der Waals surface area contributed by atoms with E-state index in [1.165, 1.54) is 30.4 Å². The van der Waals surface area contributed by atoms with Gasteiger partial charge in [-0.2, -0.15) is 0 Å². The van der Waals surface area contributed by atoms with Crippen LogP contribution in [-0.4, -0.2) is 22.1 Å². The van der Waals surface area contributed by atoms with Crippen LogP contribution in [0.4, 0.5) is 10.5 Å². The maximum atomic E-state index is 13.0. The molecule has 27 heavy (non-hydrogen) atoms. The zero-order chi connectivity index (χ0) is 18.6. The van der Waals surface area contributed by atoms with E-state index in [2.05, 4.69) is 53.2 Å². The summed E-state index contributed by atoms with van der Waals surface area (Å²) < 4.78 is 2.06. The van der Waals surface area contributed by atoms with E-state index in [9.17, 15) is 4.79 Å². The first kappa shape index (κ1) is 16.4. The molecule has 3 aromatic rings. The summed E-state index contributed by atoms with van der Waals surface area (Å²) >= 11 is 0. The molecular formula is C22H24N4O. The van der Waals surface area contributed by atoms with E-state index in [1.807, 2.05) is 18.0 Å². The van der Waals surface area contributed by atoms with Gasteiger partial charge in [0.25, 0.3) is 0 Å². The number of para-hydroxylation sites is 1. The van der Waals surface area contributed by atoms with Crippen molar-refractivity contribution in [1.82, 2.24) is 14.9 Å². The van der Waals surface area contributed by atoms with Crippen LogP contribution in [0, 0.1) is 6.92 Å². The highest BCUT2D eigenvalue weighted by atomic mass is 16.2. The third-order valence-electron chi connectivity index (χ3n) is 6.31. The third-order valence-corrected chi connectivity index (χ3v) is 6.31. The highest BCUT2D eigenvalue weighted by molar-refractivity contribution is 5.95. The molecule has 2 aromatic carbocycles. The van der Waals surface area contributed by atoms with Crippen LogP contribution in [0.1, 0.15) is 36.2 Å². The number of imidazole rings is 1. The molecule has 2 aliphatic rings. The van der Waals surface area contributed by atoms with Gasteiger partial charge in [-0.25, -0.2) is 9.78 Å². The van der Waals surface area contributed by atoms with E-state index >= 15 is 0 Å². The number of hydrogen-bond acceptors (Lipinski definition) is 2. The van der Waals surface area contributed by atoms with Gasteiger partial charge in [-0.15, -0.1) is 0 Å². The van der Waals surface area contributed by atoms with Gasteiger partial charge in [0, 0.05) is 24.7 Å². The molecule has 1 aromatic heterocycles. The Labute approximate surface area is 159 Å². The normalized spacial score (nSPS) is 17.2. The fourth-order valence-corrected chi connectivity index (χ4v) is 4.61. The SMILES string of the molecule is Cc1ccc2c(c1)nc(CNC(=O)N1CC3(CCC3)c3ccccc31)n2C. The van der Waals surface area contributed by atoms with E-state index in [-0.39, 0.29) is 11.4 Å². The topological polar surface area (TPSA) is 50.2 Å². The minimum atomic E-state index is -0.0329. The Morgan fingerprint density at radius 1 is 1.22 bits per heavy atom. The molecule has 5 nitrogen and oxygen atoms in total. The van der Waals surface area contributed by atoms with Crippen molar-refractivity contribution in [3.63, 3.8) is 0 Å². The van der Waals surface area contributed by atoms with Gasteiger partial charge < -0.3 is 9.88 Å². The Kier molecular flexibility index (Phi) is 3.54. The van der Waals surface area contributed by atoms with Crippen LogP contribution in [0.15, 0.2) is 42.5 Å². The number of amides is 2. The fraction of sp³-hybridized carbons (Fsp3) is 0.364. The summed E-state index contributed by atoms with van der Waals surface area (Å²) in [7, 11) is 2.00. The molecule has 0 atom stereocenters. The summed E-state index contributed by atoms with van der Waals surface area (Å²) in [6, 6.07) is 14.6. The third kappa shape index (κ3) is 2.45. The van der Waals surface area contributed by atoms with Crippen LogP contribution in [0.3, 0.4) is 0 Å². The quantitative estimate of drug-likeness (QED) is 0.750. The van der Waals surface area contributed by atoms with Crippen LogP contribution in [0.25, 0.3) is 11.0 Å². The number of urea groups is 1. The van der Waals surface area contributed by atoms with Gasteiger partial charge in [-0.05, 0) is 49.1 Å². The number of aryl methyl sites for hydroxylation is 2. The number of rotatable bonds is 2. The van der Waals surface area contributed by atoms with Crippen LogP contribution in [-0.2, 0) is 19.0 Å². The average molecular weight is 360 g/mol. The first-order valence-corrected chi connectivity index (χ1v) is 9.64. The van der Waals surface area contributed by atoms with E-state index < -0.39 is 0 Å². The summed E-state index contributed by atoms with van der Waals surface area (Å²) in [6.07, 6.45) is 3.61. The molecule has 138 valence electrons. The number of fused-ring (bicyclic) bond motifs is 3. The van der Waals surface area contributed by atoms with Gasteiger partial charge in [0.1, 0.15) is 5.82 Å². The second-order valence-corrected chi connectivity index (χ2v) is 7.98. The molecule has 1 aliphatic heterocycles. The molecule has 5 rings (SSSR count). The lowest BCUT2D eigenvalue weighted by Gasteiger charge is -2.38. The molecule has 0 saturated heterocycles. The molecule has 1 saturated carbocycles. The number of aromatic nitrogens is 2. The van der Waals surface area contributed by atoms with Crippen molar-refractivity contribution in [2.24, 2.45) is 7.05 Å². The molecule has 0 radical (unpaired) electrons. The maximum Gasteiger partial charge on any atom is 0.322 e. The maximum absolute atomic E-state index is 13.0. The zero-order valence-corrected chi connectivity index (χ0v) is 15.8. The Bertz CT molecular complexity index is 1050. The summed E-state index contributed by atoms with van der Waals surface area (Å²) in [4.78, 5) is 19.6. The summed E-state index contributed by atoms with van der Waals surface area (Å²) in [5.74, 6) is 0.870. The van der Waals surface area contributed by atoms with Crippen LogP contribution >= 0.6 is 0 Å². The Morgan fingerprint density at radius 2 is 2.04 bits per heavy atom. The van der Waals surface area contributed by atoms with Crippen LogP contribution in [0.5, 0.6) is 0 Å². The molecule has 1 fully saturated rings. The van der Waals surface area contributed by atoms with Crippen LogP contribution in [0.2, 0.25) is 0 Å². The predicted molar refractivity (Wildman–Crippen MR) is 107 cm³/mol. The van der Waals surface area contributed by atoms with Crippen molar-refractivity contribution in [3.8, 4) is 0 Å². The summed E-state index contributed by atoms with van der Waals surface area (Å²) in [5.41, 5.74) is 5.84. The number of carbonyl (C=O) groups excluding carboxylic acids is 1.